The number of fused-ring (bicyclic) bond motifs is 1. The van der Waals surface area contributed by atoms with Gasteiger partial charge < -0.3 is 10.1 Å². The third-order valence-electron chi connectivity index (χ3n) is 3.60. The number of benzene rings is 1. The number of hydrogen-bond donors (Lipinski definition) is 1. The molecule has 0 aliphatic carbocycles. The van der Waals surface area contributed by atoms with Gasteiger partial charge in [0.15, 0.2) is 9.84 Å². The molecule has 1 aromatic rings. The number of nitrogens with one attached hydrogen (secondary N) is 1. The van der Waals surface area contributed by atoms with Gasteiger partial charge in [-0.2, -0.15) is 0 Å². The van der Waals surface area contributed by atoms with Crippen molar-refractivity contribution in [1.82, 2.24) is 5.32 Å². The number of rotatable bonds is 2. The molecule has 1 N–H and O–H groups in total. The van der Waals surface area contributed by atoms with Crippen molar-refractivity contribution in [2.45, 2.75) is 12.1 Å². The van der Waals surface area contributed by atoms with E-state index < -0.39 is 15.9 Å². The third-order valence-corrected chi connectivity index (χ3v) is 5.62. The molecule has 108 valence electrons. The van der Waals surface area contributed by atoms with Crippen LogP contribution in [0.4, 0.5) is 10.5 Å². The standard InChI is InChI=1S/C12H13ClN2O4S/c1-19-7-2-3-10(8(13)4-7)15-11-6-20(17,18)5-9(11)14-12(15)16/h2-4,9,11H,5-6H2,1H3,(H,14,16)/t9-,11-/m0/s1. The number of nitrogens with zero attached hydrogens (tertiary/aromatic N) is 1. The molecule has 0 bridgehead atoms. The van der Waals surface area contributed by atoms with Gasteiger partial charge in [-0.3, -0.25) is 4.90 Å². The molecular weight excluding hydrogens is 304 g/mol. The number of sulfone groups is 1. The van der Waals surface area contributed by atoms with Crippen LogP contribution in [0.15, 0.2) is 18.2 Å². The van der Waals surface area contributed by atoms with Crippen LogP contribution in [-0.4, -0.2) is 45.1 Å². The Kier molecular flexibility index (Phi) is 3.06. The average molecular weight is 317 g/mol. The number of hydrogen-bond acceptors (Lipinski definition) is 4. The predicted molar refractivity (Wildman–Crippen MR) is 75.2 cm³/mol. The van der Waals surface area contributed by atoms with Crippen LogP contribution in [0.3, 0.4) is 0 Å². The van der Waals surface area contributed by atoms with Crippen LogP contribution >= 0.6 is 11.6 Å². The van der Waals surface area contributed by atoms with Crippen molar-refractivity contribution >= 4 is 33.2 Å². The first kappa shape index (κ1) is 13.5. The Morgan fingerprint density at radius 3 is 2.80 bits per heavy atom. The zero-order valence-corrected chi connectivity index (χ0v) is 12.2. The minimum absolute atomic E-state index is 0.0202. The maximum atomic E-state index is 12.0. The lowest BCUT2D eigenvalue weighted by molar-refractivity contribution is 0.251. The Morgan fingerprint density at radius 1 is 1.40 bits per heavy atom. The molecule has 1 aromatic carbocycles. The maximum absolute atomic E-state index is 12.0. The van der Waals surface area contributed by atoms with Gasteiger partial charge in [-0.05, 0) is 12.1 Å². The van der Waals surface area contributed by atoms with Crippen LogP contribution < -0.4 is 15.0 Å². The smallest absolute Gasteiger partial charge is 0.322 e. The quantitative estimate of drug-likeness (QED) is 0.827. The summed E-state index contributed by atoms with van der Waals surface area (Å²) < 4.78 is 28.4. The van der Waals surface area contributed by atoms with Crippen molar-refractivity contribution in [3.63, 3.8) is 0 Å². The zero-order valence-electron chi connectivity index (χ0n) is 10.7. The first-order valence-corrected chi connectivity index (χ1v) is 8.25. The van der Waals surface area contributed by atoms with E-state index in [1.807, 2.05) is 0 Å². The summed E-state index contributed by atoms with van der Waals surface area (Å²) in [5.74, 6) is 0.515. The van der Waals surface area contributed by atoms with Crippen LogP contribution in [0, 0.1) is 0 Å². The number of amides is 2. The molecule has 3 rings (SSSR count). The van der Waals surface area contributed by atoms with Crippen molar-refractivity contribution < 1.29 is 17.9 Å². The fourth-order valence-corrected chi connectivity index (χ4v) is 4.85. The van der Waals surface area contributed by atoms with Crippen LogP contribution in [0.2, 0.25) is 5.02 Å². The van der Waals surface area contributed by atoms with Gasteiger partial charge in [0.05, 0.1) is 41.4 Å². The number of methoxy groups -OCH3 is 1. The minimum Gasteiger partial charge on any atom is -0.497 e. The van der Waals surface area contributed by atoms with Crippen LogP contribution in [-0.2, 0) is 9.84 Å². The van der Waals surface area contributed by atoms with E-state index in [4.69, 9.17) is 16.3 Å². The molecule has 0 spiro atoms. The van der Waals surface area contributed by atoms with Gasteiger partial charge in [0.25, 0.3) is 0 Å². The Balaban J connectivity index is 1.99. The van der Waals surface area contributed by atoms with E-state index in [0.717, 1.165) is 0 Å². The normalized spacial score (nSPS) is 27.3. The Labute approximate surface area is 121 Å². The SMILES string of the molecule is COc1ccc(N2C(=O)N[C@H]3CS(=O)(=O)C[C@@H]32)c(Cl)c1. The van der Waals surface area contributed by atoms with Gasteiger partial charge in [-0.25, -0.2) is 13.2 Å². The lowest BCUT2D eigenvalue weighted by Crippen LogP contribution is -2.37. The van der Waals surface area contributed by atoms with E-state index in [9.17, 15) is 13.2 Å². The monoisotopic (exact) mass is 316 g/mol. The highest BCUT2D eigenvalue weighted by atomic mass is 35.5. The van der Waals surface area contributed by atoms with Crippen molar-refractivity contribution in [3.05, 3.63) is 23.2 Å². The number of carbonyl (C=O) groups excluding carboxylic acids is 1. The minimum atomic E-state index is -3.12. The molecule has 2 aliphatic heterocycles. The molecule has 8 heteroatoms. The zero-order chi connectivity index (χ0) is 14.5. The summed E-state index contributed by atoms with van der Waals surface area (Å²) in [4.78, 5) is 13.5. The molecule has 0 unspecified atom stereocenters. The van der Waals surface area contributed by atoms with E-state index >= 15 is 0 Å². The largest absolute Gasteiger partial charge is 0.497 e. The van der Waals surface area contributed by atoms with Gasteiger partial charge in [0.1, 0.15) is 5.75 Å². The number of anilines is 1. The van der Waals surface area contributed by atoms with Crippen molar-refractivity contribution in [1.29, 1.82) is 0 Å². The summed E-state index contributed by atoms with van der Waals surface area (Å²) in [6, 6.07) is 3.85. The van der Waals surface area contributed by atoms with Gasteiger partial charge in [-0.1, -0.05) is 11.6 Å². The molecule has 2 aliphatic rings. The van der Waals surface area contributed by atoms with E-state index in [2.05, 4.69) is 5.32 Å². The molecule has 2 fully saturated rings. The highest BCUT2D eigenvalue weighted by Gasteiger charge is 2.49. The summed E-state index contributed by atoms with van der Waals surface area (Å²) in [6.45, 7) is 0. The lowest BCUT2D eigenvalue weighted by Gasteiger charge is -2.22. The molecular formula is C12H13ClN2O4S. The molecule has 6 nitrogen and oxygen atoms in total. The summed E-state index contributed by atoms with van der Waals surface area (Å²) >= 11 is 6.16. The van der Waals surface area contributed by atoms with E-state index in [1.54, 1.807) is 18.2 Å². The molecule has 2 amide bonds. The predicted octanol–water partition coefficient (Wildman–Crippen LogP) is 1.04. The van der Waals surface area contributed by atoms with Crippen molar-refractivity contribution in [2.24, 2.45) is 0 Å². The van der Waals surface area contributed by atoms with E-state index in [-0.39, 0.29) is 23.6 Å². The second kappa shape index (κ2) is 4.53. The van der Waals surface area contributed by atoms with Crippen molar-refractivity contribution in [2.75, 3.05) is 23.5 Å². The second-order valence-electron chi connectivity index (χ2n) is 4.89. The Bertz CT molecular complexity index is 676. The van der Waals surface area contributed by atoms with Crippen LogP contribution in [0.5, 0.6) is 5.75 Å². The summed E-state index contributed by atoms with van der Waals surface area (Å²) in [5.41, 5.74) is 0.495. The number of carbonyl (C=O) groups is 1. The molecule has 20 heavy (non-hydrogen) atoms. The summed E-state index contributed by atoms with van der Waals surface area (Å²) in [6.07, 6.45) is 0. The maximum Gasteiger partial charge on any atom is 0.322 e. The van der Waals surface area contributed by atoms with Crippen molar-refractivity contribution in [3.8, 4) is 5.75 Å². The lowest BCUT2D eigenvalue weighted by atomic mass is 10.1. The summed E-state index contributed by atoms with van der Waals surface area (Å²) in [7, 11) is -1.60. The Morgan fingerprint density at radius 2 is 2.15 bits per heavy atom. The highest BCUT2D eigenvalue weighted by Crippen LogP contribution is 2.35. The second-order valence-corrected chi connectivity index (χ2v) is 7.45. The molecule has 2 atom stereocenters. The van der Waals surface area contributed by atoms with Gasteiger partial charge >= 0.3 is 6.03 Å². The van der Waals surface area contributed by atoms with Gasteiger partial charge in [0, 0.05) is 6.07 Å². The molecule has 0 aromatic heterocycles. The fraction of sp³-hybridized carbons (Fsp3) is 0.417. The molecule has 2 heterocycles. The first-order valence-electron chi connectivity index (χ1n) is 6.05. The van der Waals surface area contributed by atoms with E-state index in [0.29, 0.717) is 16.5 Å². The number of urea groups is 1. The Hall–Kier alpha value is -1.47. The van der Waals surface area contributed by atoms with Crippen LogP contribution in [0.25, 0.3) is 0 Å². The van der Waals surface area contributed by atoms with Gasteiger partial charge in [-0.15, -0.1) is 0 Å². The molecule has 0 saturated carbocycles. The molecule has 0 radical (unpaired) electrons. The fourth-order valence-electron chi connectivity index (χ4n) is 2.70. The van der Waals surface area contributed by atoms with Gasteiger partial charge in [0.2, 0.25) is 0 Å². The van der Waals surface area contributed by atoms with Crippen LogP contribution in [0.1, 0.15) is 0 Å². The number of ether oxygens (including phenoxy) is 1. The summed E-state index contributed by atoms with van der Waals surface area (Å²) in [5, 5.41) is 3.05. The first-order chi connectivity index (χ1) is 9.41. The topological polar surface area (TPSA) is 75.7 Å². The van der Waals surface area contributed by atoms with E-state index in [1.165, 1.54) is 12.0 Å². The highest BCUT2D eigenvalue weighted by molar-refractivity contribution is 7.91. The average Bonchev–Trinajstić information content (AvgIpc) is 2.80. The third kappa shape index (κ3) is 2.10. The molecule has 2 saturated heterocycles. The number of halogens is 1.